The Bertz CT molecular complexity index is 1560. The van der Waals surface area contributed by atoms with Crippen molar-refractivity contribution in [1.82, 2.24) is 4.57 Å². The van der Waals surface area contributed by atoms with Crippen molar-refractivity contribution in [3.8, 4) is 27.9 Å². The summed E-state index contributed by atoms with van der Waals surface area (Å²) in [5.74, 6) is 0. The van der Waals surface area contributed by atoms with E-state index in [1.54, 1.807) is 0 Å². The van der Waals surface area contributed by atoms with Gasteiger partial charge in [0.1, 0.15) is 7.85 Å². The summed E-state index contributed by atoms with van der Waals surface area (Å²) in [6.07, 6.45) is 0. The van der Waals surface area contributed by atoms with Crippen LogP contribution in [-0.2, 0) is 0 Å². The molecule has 0 spiro atoms. The molecule has 32 heavy (non-hydrogen) atoms. The minimum atomic E-state index is 0.773. The average Bonchev–Trinajstić information content (AvgIpc) is 3.19. The molecule has 2 heteroatoms. The molecule has 6 rings (SSSR count). The van der Waals surface area contributed by atoms with E-state index in [1.807, 2.05) is 12.1 Å². The lowest BCUT2D eigenvalue weighted by Gasteiger charge is -2.13. The van der Waals surface area contributed by atoms with Crippen LogP contribution in [0.5, 0.6) is 0 Å². The first-order valence-electron chi connectivity index (χ1n) is 10.8. The van der Waals surface area contributed by atoms with Gasteiger partial charge in [0.05, 0.1) is 11.0 Å². The molecule has 0 bridgehead atoms. The molecule has 148 valence electrons. The highest BCUT2D eigenvalue weighted by atomic mass is 15.0. The van der Waals surface area contributed by atoms with E-state index < -0.39 is 0 Å². The molecule has 0 aliphatic carbocycles. The molecule has 5 aromatic carbocycles. The lowest BCUT2D eigenvalue weighted by atomic mass is 9.87. The van der Waals surface area contributed by atoms with Crippen LogP contribution in [0.2, 0.25) is 0 Å². The Morgan fingerprint density at radius 1 is 0.469 bits per heavy atom. The van der Waals surface area contributed by atoms with Crippen molar-refractivity contribution in [2.45, 2.75) is 0 Å². The van der Waals surface area contributed by atoms with E-state index in [4.69, 9.17) is 7.85 Å². The number of hydrogen-bond donors (Lipinski definition) is 0. The molecule has 0 amide bonds. The third-order valence-electron chi connectivity index (χ3n) is 6.13. The van der Waals surface area contributed by atoms with Gasteiger partial charge in [-0.15, -0.1) is 0 Å². The Kier molecular flexibility index (Phi) is 4.43. The Morgan fingerprint density at radius 2 is 1.16 bits per heavy atom. The van der Waals surface area contributed by atoms with Gasteiger partial charge in [-0.25, -0.2) is 0 Å². The molecule has 1 aromatic heterocycles. The smallest absolute Gasteiger partial charge is 0.113 e. The fraction of sp³-hybridized carbons (Fsp3) is 0. The van der Waals surface area contributed by atoms with Crippen LogP contribution in [0.3, 0.4) is 0 Å². The molecule has 0 saturated heterocycles. The summed E-state index contributed by atoms with van der Waals surface area (Å²) in [6.45, 7) is 0. The van der Waals surface area contributed by atoms with E-state index in [-0.39, 0.29) is 0 Å². The largest absolute Gasteiger partial charge is 0.309 e. The van der Waals surface area contributed by atoms with E-state index in [0.29, 0.717) is 0 Å². The molecule has 0 saturated carbocycles. The van der Waals surface area contributed by atoms with Gasteiger partial charge in [0.2, 0.25) is 0 Å². The van der Waals surface area contributed by atoms with Crippen molar-refractivity contribution < 1.29 is 0 Å². The molecule has 1 heterocycles. The second-order valence-electron chi connectivity index (χ2n) is 8.09. The first-order valence-corrected chi connectivity index (χ1v) is 10.8. The first kappa shape index (κ1) is 18.7. The molecular formula is C30H20BN. The Morgan fingerprint density at radius 3 is 1.97 bits per heavy atom. The van der Waals surface area contributed by atoms with E-state index in [2.05, 4.69) is 114 Å². The van der Waals surface area contributed by atoms with Crippen LogP contribution >= 0.6 is 0 Å². The quantitative estimate of drug-likeness (QED) is 0.282. The van der Waals surface area contributed by atoms with Gasteiger partial charge in [-0.1, -0.05) is 96.5 Å². The van der Waals surface area contributed by atoms with Crippen LogP contribution in [0.1, 0.15) is 0 Å². The van der Waals surface area contributed by atoms with E-state index in [0.717, 1.165) is 11.0 Å². The fourth-order valence-corrected chi connectivity index (χ4v) is 4.67. The zero-order chi connectivity index (χ0) is 21.5. The minimum Gasteiger partial charge on any atom is -0.309 e. The predicted octanol–water partition coefficient (Wildman–Crippen LogP) is 6.91. The lowest BCUT2D eigenvalue weighted by molar-refractivity contribution is 1.18. The standard InChI is InChI=1S/C30H20BN/c31-23-16-17-25(27(20-23)21-9-3-1-4-10-21)22-15-18-30-28(19-22)26-13-7-8-14-29(26)32(30)24-11-5-2-6-12-24/h1-20H. The fourth-order valence-electron chi connectivity index (χ4n) is 4.67. The maximum atomic E-state index is 6.17. The van der Waals surface area contributed by atoms with Crippen molar-refractivity contribution in [1.29, 1.82) is 0 Å². The van der Waals surface area contributed by atoms with Crippen LogP contribution in [0.4, 0.5) is 0 Å². The summed E-state index contributed by atoms with van der Waals surface area (Å²) in [7, 11) is 6.17. The number of para-hydroxylation sites is 2. The molecule has 2 radical (unpaired) electrons. The molecule has 0 fully saturated rings. The second kappa shape index (κ2) is 7.58. The monoisotopic (exact) mass is 405 g/mol. The van der Waals surface area contributed by atoms with Crippen molar-refractivity contribution in [2.75, 3.05) is 0 Å². The Labute approximate surface area is 189 Å². The summed E-state index contributed by atoms with van der Waals surface area (Å²) in [4.78, 5) is 0. The number of aromatic nitrogens is 1. The van der Waals surface area contributed by atoms with Gasteiger partial charge >= 0.3 is 0 Å². The van der Waals surface area contributed by atoms with Gasteiger partial charge in [0.25, 0.3) is 0 Å². The molecule has 6 aromatic rings. The average molecular weight is 405 g/mol. The molecule has 0 aliphatic rings. The minimum absolute atomic E-state index is 0.773. The van der Waals surface area contributed by atoms with Crippen LogP contribution in [0.15, 0.2) is 121 Å². The number of nitrogens with zero attached hydrogens (tertiary/aromatic N) is 1. The van der Waals surface area contributed by atoms with E-state index in [1.165, 1.54) is 44.2 Å². The number of fused-ring (bicyclic) bond motifs is 3. The number of hydrogen-bond acceptors (Lipinski definition) is 0. The van der Waals surface area contributed by atoms with Gasteiger partial charge in [-0.2, -0.15) is 0 Å². The molecule has 0 N–H and O–H groups in total. The van der Waals surface area contributed by atoms with Gasteiger partial charge in [-0.05, 0) is 52.6 Å². The predicted molar refractivity (Wildman–Crippen MR) is 137 cm³/mol. The number of rotatable bonds is 3. The van der Waals surface area contributed by atoms with E-state index >= 15 is 0 Å². The highest BCUT2D eigenvalue weighted by Crippen LogP contribution is 2.37. The normalized spacial score (nSPS) is 11.2. The van der Waals surface area contributed by atoms with Crippen LogP contribution in [0, 0.1) is 0 Å². The van der Waals surface area contributed by atoms with Crippen molar-refractivity contribution in [3.63, 3.8) is 0 Å². The Balaban J connectivity index is 1.63. The van der Waals surface area contributed by atoms with Gasteiger partial charge in [0.15, 0.2) is 0 Å². The SMILES string of the molecule is [B]c1ccc(-c2ccc3c(c2)c2ccccc2n3-c2ccccc2)c(-c2ccccc2)c1. The van der Waals surface area contributed by atoms with Crippen LogP contribution < -0.4 is 5.46 Å². The van der Waals surface area contributed by atoms with Gasteiger partial charge < -0.3 is 4.57 Å². The van der Waals surface area contributed by atoms with Crippen molar-refractivity contribution in [2.24, 2.45) is 0 Å². The summed E-state index contributed by atoms with van der Waals surface area (Å²) in [5, 5.41) is 2.50. The summed E-state index contributed by atoms with van der Waals surface area (Å²) in [5.41, 5.74) is 9.05. The van der Waals surface area contributed by atoms with E-state index in [9.17, 15) is 0 Å². The third-order valence-corrected chi connectivity index (χ3v) is 6.13. The van der Waals surface area contributed by atoms with Crippen LogP contribution in [-0.4, -0.2) is 12.4 Å². The van der Waals surface area contributed by atoms with Gasteiger partial charge in [0, 0.05) is 16.5 Å². The lowest BCUT2D eigenvalue weighted by Crippen LogP contribution is -2.02. The third kappa shape index (κ3) is 3.04. The highest BCUT2D eigenvalue weighted by Gasteiger charge is 2.14. The molecule has 0 unspecified atom stereocenters. The number of benzene rings is 5. The molecule has 0 atom stereocenters. The van der Waals surface area contributed by atoms with Crippen molar-refractivity contribution in [3.05, 3.63) is 121 Å². The second-order valence-corrected chi connectivity index (χ2v) is 8.09. The summed E-state index contributed by atoms with van der Waals surface area (Å²) in [6, 6.07) is 42.6. The maximum absolute atomic E-state index is 6.17. The first-order chi connectivity index (χ1) is 15.8. The van der Waals surface area contributed by atoms with Crippen LogP contribution in [0.25, 0.3) is 49.7 Å². The van der Waals surface area contributed by atoms with Crippen molar-refractivity contribution >= 4 is 35.1 Å². The zero-order valence-electron chi connectivity index (χ0n) is 17.6. The summed E-state index contributed by atoms with van der Waals surface area (Å²) >= 11 is 0. The maximum Gasteiger partial charge on any atom is 0.113 e. The Hall–Kier alpha value is -4.04. The molecule has 1 nitrogen and oxygen atoms in total. The zero-order valence-corrected chi connectivity index (χ0v) is 17.6. The molecular weight excluding hydrogens is 385 g/mol. The topological polar surface area (TPSA) is 4.93 Å². The summed E-state index contributed by atoms with van der Waals surface area (Å²) < 4.78 is 2.34. The van der Waals surface area contributed by atoms with Gasteiger partial charge in [-0.3, -0.25) is 0 Å². The highest BCUT2D eigenvalue weighted by molar-refractivity contribution is 6.32. The molecule has 0 aliphatic heterocycles.